The van der Waals surface area contributed by atoms with Crippen LogP contribution >= 0.6 is 0 Å². The summed E-state index contributed by atoms with van der Waals surface area (Å²) in [4.78, 5) is 27.8. The van der Waals surface area contributed by atoms with Gasteiger partial charge in [-0.05, 0) is 76.3 Å². The van der Waals surface area contributed by atoms with Crippen molar-refractivity contribution in [2.75, 3.05) is 39.3 Å². The number of piperidine rings is 2. The molecule has 0 spiro atoms. The molecule has 2 fully saturated rings. The lowest BCUT2D eigenvalue weighted by atomic mass is 9.99. The maximum atomic E-state index is 12.8. The summed E-state index contributed by atoms with van der Waals surface area (Å²) >= 11 is 0. The molecule has 2 aliphatic rings. The van der Waals surface area contributed by atoms with E-state index in [1.165, 1.54) is 19.3 Å². The third-order valence-corrected chi connectivity index (χ3v) is 5.62. The van der Waals surface area contributed by atoms with Gasteiger partial charge in [0.2, 0.25) is 0 Å². The number of carbonyl (C=O) groups is 1. The molecule has 0 aromatic carbocycles. The number of carbonyl (C=O) groups excluding carboxylic acids is 1. The van der Waals surface area contributed by atoms with Gasteiger partial charge < -0.3 is 20.1 Å². The van der Waals surface area contributed by atoms with Gasteiger partial charge in [0.25, 0.3) is 11.5 Å². The number of nitrogens with one attached hydrogen (secondary N) is 2. The number of rotatable bonds is 6. The van der Waals surface area contributed by atoms with Crippen molar-refractivity contribution in [1.29, 1.82) is 0 Å². The Hall–Kier alpha value is -1.66. The highest BCUT2D eigenvalue weighted by Gasteiger charge is 2.19. The lowest BCUT2D eigenvalue weighted by Gasteiger charge is -2.26. The zero-order chi connectivity index (χ0) is 18.4. The lowest BCUT2D eigenvalue weighted by molar-refractivity contribution is 0.0943. The van der Waals surface area contributed by atoms with Gasteiger partial charge in [0.05, 0.1) is 0 Å². The molecule has 3 heterocycles. The molecule has 26 heavy (non-hydrogen) atoms. The number of likely N-dealkylation sites (tertiary alicyclic amines) is 1. The first-order chi connectivity index (χ1) is 12.6. The van der Waals surface area contributed by atoms with Crippen LogP contribution in [0.2, 0.25) is 0 Å². The van der Waals surface area contributed by atoms with E-state index in [9.17, 15) is 9.59 Å². The molecule has 1 unspecified atom stereocenters. The third-order valence-electron chi connectivity index (χ3n) is 5.62. The van der Waals surface area contributed by atoms with Gasteiger partial charge >= 0.3 is 0 Å². The number of nitrogens with zero attached hydrogens (tertiary/aromatic N) is 2. The van der Waals surface area contributed by atoms with Gasteiger partial charge in [0.15, 0.2) is 0 Å². The van der Waals surface area contributed by atoms with Gasteiger partial charge in [0, 0.05) is 25.8 Å². The van der Waals surface area contributed by atoms with Gasteiger partial charge in [-0.2, -0.15) is 0 Å². The van der Waals surface area contributed by atoms with Crippen LogP contribution in [0.5, 0.6) is 0 Å². The molecule has 1 aromatic rings. The first kappa shape index (κ1) is 19.1. The first-order valence-corrected chi connectivity index (χ1v) is 10.1. The van der Waals surface area contributed by atoms with E-state index in [0.717, 1.165) is 51.1 Å². The summed E-state index contributed by atoms with van der Waals surface area (Å²) in [5.41, 5.74) is 0.893. The van der Waals surface area contributed by atoms with Gasteiger partial charge in [-0.3, -0.25) is 9.59 Å². The van der Waals surface area contributed by atoms with E-state index in [0.29, 0.717) is 24.6 Å². The molecule has 2 aliphatic heterocycles. The van der Waals surface area contributed by atoms with Crippen molar-refractivity contribution in [2.24, 2.45) is 5.92 Å². The molecule has 2 N–H and O–H groups in total. The van der Waals surface area contributed by atoms with Crippen LogP contribution in [0.25, 0.3) is 0 Å². The number of pyridine rings is 1. The minimum atomic E-state index is -0.236. The topological polar surface area (TPSA) is 66.4 Å². The summed E-state index contributed by atoms with van der Waals surface area (Å²) in [5.74, 6) is 0.222. The summed E-state index contributed by atoms with van der Waals surface area (Å²) in [5, 5.41) is 6.34. The SMILES string of the molecule is Cc1ccn(CC2CCCNC2)c(=O)c1C(=O)NCCN1CCCCC1. The van der Waals surface area contributed by atoms with Crippen LogP contribution < -0.4 is 16.2 Å². The Morgan fingerprint density at radius 2 is 2.08 bits per heavy atom. The highest BCUT2D eigenvalue weighted by molar-refractivity contribution is 5.95. The van der Waals surface area contributed by atoms with Crippen molar-refractivity contribution in [3.05, 3.63) is 33.7 Å². The van der Waals surface area contributed by atoms with Crippen LogP contribution in [0.15, 0.2) is 17.1 Å². The average Bonchev–Trinajstić information content (AvgIpc) is 2.66. The van der Waals surface area contributed by atoms with Crippen LogP contribution in [0, 0.1) is 12.8 Å². The molecule has 6 nitrogen and oxygen atoms in total. The van der Waals surface area contributed by atoms with Crippen molar-refractivity contribution in [3.63, 3.8) is 0 Å². The fourth-order valence-electron chi connectivity index (χ4n) is 4.04. The summed E-state index contributed by atoms with van der Waals surface area (Å²) in [7, 11) is 0. The molecule has 2 saturated heterocycles. The van der Waals surface area contributed by atoms with Gasteiger partial charge in [-0.25, -0.2) is 0 Å². The number of amides is 1. The molecule has 6 heteroatoms. The number of hydrogen-bond acceptors (Lipinski definition) is 4. The van der Waals surface area contributed by atoms with E-state index >= 15 is 0 Å². The van der Waals surface area contributed by atoms with Crippen LogP contribution in [-0.4, -0.2) is 54.6 Å². The molecule has 0 radical (unpaired) electrons. The minimum Gasteiger partial charge on any atom is -0.351 e. The largest absolute Gasteiger partial charge is 0.351 e. The van der Waals surface area contributed by atoms with Crippen LogP contribution in [0.3, 0.4) is 0 Å². The summed E-state index contributed by atoms with van der Waals surface area (Å²) in [6.45, 7) is 8.21. The maximum Gasteiger partial charge on any atom is 0.263 e. The maximum absolute atomic E-state index is 12.8. The molecule has 144 valence electrons. The molecule has 1 aromatic heterocycles. The van der Waals surface area contributed by atoms with Crippen LogP contribution in [0.1, 0.15) is 48.0 Å². The van der Waals surface area contributed by atoms with Crippen molar-refractivity contribution in [2.45, 2.75) is 45.6 Å². The zero-order valence-corrected chi connectivity index (χ0v) is 15.9. The molecule has 3 rings (SSSR count). The average molecular weight is 361 g/mol. The van der Waals surface area contributed by atoms with E-state index in [2.05, 4.69) is 15.5 Å². The first-order valence-electron chi connectivity index (χ1n) is 10.1. The molecule has 1 amide bonds. The molecule has 0 aliphatic carbocycles. The van der Waals surface area contributed by atoms with Crippen LogP contribution in [-0.2, 0) is 6.54 Å². The fraction of sp³-hybridized carbons (Fsp3) is 0.700. The highest BCUT2D eigenvalue weighted by atomic mass is 16.2. The number of aromatic nitrogens is 1. The quantitative estimate of drug-likeness (QED) is 0.804. The molecular formula is C20H32N4O2. The molecular weight excluding hydrogens is 328 g/mol. The third kappa shape index (κ3) is 4.95. The molecule has 1 atom stereocenters. The van der Waals surface area contributed by atoms with Crippen molar-refractivity contribution >= 4 is 5.91 Å². The van der Waals surface area contributed by atoms with E-state index < -0.39 is 0 Å². The second kappa shape index (κ2) is 9.33. The number of hydrogen-bond donors (Lipinski definition) is 2. The molecule has 0 saturated carbocycles. The summed E-state index contributed by atoms with van der Waals surface area (Å²) in [6, 6.07) is 1.89. The minimum absolute atomic E-state index is 0.161. The summed E-state index contributed by atoms with van der Waals surface area (Å²) in [6.07, 6.45) is 7.90. The monoisotopic (exact) mass is 360 g/mol. The van der Waals surface area contributed by atoms with Gasteiger partial charge in [-0.15, -0.1) is 0 Å². The lowest BCUT2D eigenvalue weighted by Crippen LogP contribution is -2.40. The van der Waals surface area contributed by atoms with Crippen molar-refractivity contribution in [1.82, 2.24) is 20.1 Å². The Balaban J connectivity index is 1.60. The second-order valence-electron chi connectivity index (χ2n) is 7.70. The van der Waals surface area contributed by atoms with E-state index in [1.54, 1.807) is 4.57 Å². The normalized spacial score (nSPS) is 21.5. The second-order valence-corrected chi connectivity index (χ2v) is 7.70. The summed E-state index contributed by atoms with van der Waals surface area (Å²) < 4.78 is 1.71. The van der Waals surface area contributed by atoms with Crippen molar-refractivity contribution in [3.8, 4) is 0 Å². The van der Waals surface area contributed by atoms with Gasteiger partial charge in [0.1, 0.15) is 5.56 Å². The van der Waals surface area contributed by atoms with Crippen molar-refractivity contribution < 1.29 is 4.79 Å². The smallest absolute Gasteiger partial charge is 0.263 e. The Kier molecular flexibility index (Phi) is 6.86. The Bertz CT molecular complexity index is 658. The Morgan fingerprint density at radius 1 is 1.27 bits per heavy atom. The Labute approximate surface area is 156 Å². The van der Waals surface area contributed by atoms with E-state index in [-0.39, 0.29) is 11.5 Å². The number of aryl methyl sites for hydroxylation is 1. The predicted octanol–water partition coefficient (Wildman–Crippen LogP) is 1.37. The predicted molar refractivity (Wildman–Crippen MR) is 104 cm³/mol. The Morgan fingerprint density at radius 3 is 2.81 bits per heavy atom. The molecule has 0 bridgehead atoms. The van der Waals surface area contributed by atoms with E-state index in [4.69, 9.17) is 0 Å². The zero-order valence-electron chi connectivity index (χ0n) is 15.9. The van der Waals surface area contributed by atoms with Crippen LogP contribution in [0.4, 0.5) is 0 Å². The van der Waals surface area contributed by atoms with E-state index in [1.807, 2.05) is 19.2 Å². The fourth-order valence-corrected chi connectivity index (χ4v) is 4.04. The highest BCUT2D eigenvalue weighted by Crippen LogP contribution is 2.12. The standard InChI is InChI=1S/C20H32N4O2/c1-16-7-12-24(15-17-6-5-8-21-14-17)20(26)18(16)19(25)22-9-13-23-10-3-2-4-11-23/h7,12,17,21H,2-6,8-11,13-15H2,1H3,(H,22,25). The van der Waals surface area contributed by atoms with Gasteiger partial charge in [-0.1, -0.05) is 6.42 Å².